The minimum atomic E-state index is -0.213. The van der Waals surface area contributed by atoms with Crippen molar-refractivity contribution in [3.8, 4) is 6.07 Å². The van der Waals surface area contributed by atoms with E-state index in [1.165, 1.54) is 6.42 Å². The molecule has 1 saturated carbocycles. The molecule has 0 aliphatic heterocycles. The van der Waals surface area contributed by atoms with Crippen LogP contribution in [0.3, 0.4) is 0 Å². The quantitative estimate of drug-likeness (QED) is 0.726. The zero-order chi connectivity index (χ0) is 13.2. The van der Waals surface area contributed by atoms with Crippen LogP contribution in [0.4, 0.5) is 0 Å². The summed E-state index contributed by atoms with van der Waals surface area (Å²) in [5, 5.41) is 10.7. The van der Waals surface area contributed by atoms with E-state index in [-0.39, 0.29) is 5.41 Å². The lowest BCUT2D eigenvalue weighted by Crippen LogP contribution is -2.28. The highest BCUT2D eigenvalue weighted by molar-refractivity contribution is 6.42. The fraction of sp³-hybridized carbons (Fsp3) is 0.533. The van der Waals surface area contributed by atoms with Crippen molar-refractivity contribution in [2.24, 2.45) is 11.3 Å². The third-order valence-corrected chi connectivity index (χ3v) is 4.59. The number of nitrogens with zero attached hydrogens (tertiary/aromatic N) is 1. The van der Waals surface area contributed by atoms with Crippen LogP contribution < -0.4 is 0 Å². The molecule has 1 aromatic rings. The fourth-order valence-corrected chi connectivity index (χ4v) is 3.32. The second-order valence-corrected chi connectivity index (χ2v) is 6.33. The van der Waals surface area contributed by atoms with E-state index in [9.17, 15) is 5.26 Å². The van der Waals surface area contributed by atoms with Gasteiger partial charge in [0.05, 0.1) is 21.5 Å². The summed E-state index contributed by atoms with van der Waals surface area (Å²) in [6, 6.07) is 8.24. The summed E-state index contributed by atoms with van der Waals surface area (Å²) in [6.45, 7) is 2.24. The van der Waals surface area contributed by atoms with E-state index >= 15 is 0 Å². The Kier molecular flexibility index (Phi) is 4.20. The molecule has 3 heteroatoms. The summed E-state index contributed by atoms with van der Waals surface area (Å²) in [5.41, 5.74) is 0.898. The van der Waals surface area contributed by atoms with Crippen LogP contribution in [0.2, 0.25) is 10.0 Å². The Bertz CT molecular complexity index is 478. The van der Waals surface area contributed by atoms with Crippen LogP contribution in [-0.2, 0) is 6.42 Å². The molecule has 1 aliphatic rings. The van der Waals surface area contributed by atoms with Crippen LogP contribution >= 0.6 is 23.2 Å². The first-order chi connectivity index (χ1) is 8.54. The van der Waals surface area contributed by atoms with E-state index in [0.29, 0.717) is 16.0 Å². The van der Waals surface area contributed by atoms with Gasteiger partial charge in [0.1, 0.15) is 0 Å². The van der Waals surface area contributed by atoms with E-state index in [2.05, 4.69) is 13.0 Å². The molecule has 18 heavy (non-hydrogen) atoms. The van der Waals surface area contributed by atoms with Gasteiger partial charge in [-0.1, -0.05) is 49.0 Å². The van der Waals surface area contributed by atoms with Crippen LogP contribution in [0.1, 0.15) is 38.2 Å². The second-order valence-electron chi connectivity index (χ2n) is 5.52. The lowest BCUT2D eigenvalue weighted by atomic mass is 9.68. The number of nitriles is 1. The first kappa shape index (κ1) is 13.7. The zero-order valence-electron chi connectivity index (χ0n) is 10.5. The van der Waals surface area contributed by atoms with Gasteiger partial charge in [-0.3, -0.25) is 0 Å². The van der Waals surface area contributed by atoms with Gasteiger partial charge in [0.25, 0.3) is 0 Å². The van der Waals surface area contributed by atoms with E-state index in [1.54, 1.807) is 0 Å². The third kappa shape index (κ3) is 2.99. The van der Waals surface area contributed by atoms with Crippen molar-refractivity contribution in [3.05, 3.63) is 33.8 Å². The monoisotopic (exact) mass is 281 g/mol. The lowest BCUT2D eigenvalue weighted by molar-refractivity contribution is 0.209. The predicted molar refractivity (Wildman–Crippen MR) is 75.8 cm³/mol. The summed E-state index contributed by atoms with van der Waals surface area (Å²) in [5.74, 6) is 0.640. The minimum absolute atomic E-state index is 0.213. The standard InChI is InChI=1S/C15H17Cl2N/c1-11-3-2-6-15(8-11,10-18)9-12-4-5-13(16)14(17)7-12/h4-5,7,11H,2-3,6,8-9H2,1H3. The predicted octanol–water partition coefficient (Wildman–Crippen LogP) is 5.26. The van der Waals surface area contributed by atoms with Crippen molar-refractivity contribution in [3.63, 3.8) is 0 Å². The van der Waals surface area contributed by atoms with Crippen molar-refractivity contribution in [1.82, 2.24) is 0 Å². The molecule has 0 radical (unpaired) electrons. The topological polar surface area (TPSA) is 23.8 Å². The van der Waals surface area contributed by atoms with Crippen LogP contribution in [0.15, 0.2) is 18.2 Å². The highest BCUT2D eigenvalue weighted by atomic mass is 35.5. The molecule has 2 rings (SSSR count). The first-order valence-corrected chi connectivity index (χ1v) is 7.15. The second kappa shape index (κ2) is 5.51. The Hall–Kier alpha value is -0.710. The van der Waals surface area contributed by atoms with E-state index in [4.69, 9.17) is 23.2 Å². The maximum atomic E-state index is 9.54. The van der Waals surface area contributed by atoms with Crippen molar-refractivity contribution < 1.29 is 0 Å². The van der Waals surface area contributed by atoms with Gasteiger partial charge in [-0.2, -0.15) is 5.26 Å². The Morgan fingerprint density at radius 1 is 1.39 bits per heavy atom. The Morgan fingerprint density at radius 2 is 2.17 bits per heavy atom. The minimum Gasteiger partial charge on any atom is -0.198 e. The van der Waals surface area contributed by atoms with Gasteiger partial charge >= 0.3 is 0 Å². The highest BCUT2D eigenvalue weighted by Gasteiger charge is 2.35. The van der Waals surface area contributed by atoms with Crippen molar-refractivity contribution >= 4 is 23.2 Å². The largest absolute Gasteiger partial charge is 0.198 e. The molecule has 0 bridgehead atoms. The summed E-state index contributed by atoms with van der Waals surface area (Å²) >= 11 is 12.0. The van der Waals surface area contributed by atoms with Gasteiger partial charge < -0.3 is 0 Å². The highest BCUT2D eigenvalue weighted by Crippen LogP contribution is 2.41. The average molecular weight is 282 g/mol. The number of benzene rings is 1. The van der Waals surface area contributed by atoms with Crippen LogP contribution in [0.25, 0.3) is 0 Å². The van der Waals surface area contributed by atoms with Crippen LogP contribution in [0.5, 0.6) is 0 Å². The van der Waals surface area contributed by atoms with Gasteiger partial charge in [0.2, 0.25) is 0 Å². The molecule has 0 amide bonds. The maximum Gasteiger partial charge on any atom is 0.0693 e. The molecular formula is C15H17Cl2N. The molecule has 1 fully saturated rings. The van der Waals surface area contributed by atoms with Crippen molar-refractivity contribution in [1.29, 1.82) is 5.26 Å². The Balaban J connectivity index is 2.20. The van der Waals surface area contributed by atoms with E-state index in [0.717, 1.165) is 31.2 Å². The first-order valence-electron chi connectivity index (χ1n) is 6.40. The molecule has 2 unspecified atom stereocenters. The van der Waals surface area contributed by atoms with E-state index in [1.807, 2.05) is 18.2 Å². The third-order valence-electron chi connectivity index (χ3n) is 3.86. The smallest absolute Gasteiger partial charge is 0.0693 e. The normalized spacial score (nSPS) is 27.8. The maximum absolute atomic E-state index is 9.54. The zero-order valence-corrected chi connectivity index (χ0v) is 12.1. The molecule has 2 atom stereocenters. The van der Waals surface area contributed by atoms with Gasteiger partial charge in [0.15, 0.2) is 0 Å². The molecule has 0 spiro atoms. The molecule has 1 aromatic carbocycles. The van der Waals surface area contributed by atoms with Crippen LogP contribution in [0, 0.1) is 22.7 Å². The molecule has 1 nitrogen and oxygen atoms in total. The molecular weight excluding hydrogens is 265 g/mol. The molecule has 96 valence electrons. The average Bonchev–Trinajstić information content (AvgIpc) is 2.34. The number of hydrogen-bond acceptors (Lipinski definition) is 1. The Morgan fingerprint density at radius 3 is 2.78 bits per heavy atom. The number of halogens is 2. The number of hydrogen-bond donors (Lipinski definition) is 0. The SMILES string of the molecule is CC1CCCC(C#N)(Cc2ccc(Cl)c(Cl)c2)C1. The molecule has 0 aromatic heterocycles. The van der Waals surface area contributed by atoms with E-state index < -0.39 is 0 Å². The number of rotatable bonds is 2. The van der Waals surface area contributed by atoms with Gasteiger partial charge in [-0.25, -0.2) is 0 Å². The van der Waals surface area contributed by atoms with Gasteiger partial charge in [-0.05, 0) is 42.9 Å². The van der Waals surface area contributed by atoms with Crippen LogP contribution in [-0.4, -0.2) is 0 Å². The summed E-state index contributed by atoms with van der Waals surface area (Å²) < 4.78 is 0. The summed E-state index contributed by atoms with van der Waals surface area (Å²) in [6.07, 6.45) is 5.16. The Labute approximate surface area is 119 Å². The summed E-state index contributed by atoms with van der Waals surface area (Å²) in [7, 11) is 0. The van der Waals surface area contributed by atoms with Crippen molar-refractivity contribution in [2.75, 3.05) is 0 Å². The van der Waals surface area contributed by atoms with Gasteiger partial charge in [-0.15, -0.1) is 0 Å². The molecule has 0 heterocycles. The fourth-order valence-electron chi connectivity index (χ4n) is 3.00. The lowest BCUT2D eigenvalue weighted by Gasteiger charge is -2.34. The summed E-state index contributed by atoms with van der Waals surface area (Å²) in [4.78, 5) is 0. The van der Waals surface area contributed by atoms with Gasteiger partial charge in [0, 0.05) is 0 Å². The molecule has 0 N–H and O–H groups in total. The molecule has 0 saturated heterocycles. The van der Waals surface area contributed by atoms with Crippen molar-refractivity contribution in [2.45, 2.75) is 39.0 Å². The molecule has 1 aliphatic carbocycles.